The molecule has 84 valence electrons. The molecule has 0 aromatic carbocycles. The largest absolute Gasteiger partial charge is 0.299 e. The fourth-order valence-corrected chi connectivity index (χ4v) is 4.56. The van der Waals surface area contributed by atoms with Crippen molar-refractivity contribution in [2.45, 2.75) is 57.8 Å². The molecule has 3 saturated carbocycles. The summed E-state index contributed by atoms with van der Waals surface area (Å²) in [5.41, 5.74) is 0. The van der Waals surface area contributed by atoms with Crippen LogP contribution in [0.25, 0.3) is 0 Å². The van der Waals surface area contributed by atoms with Crippen LogP contribution in [-0.4, -0.2) is 5.78 Å². The van der Waals surface area contributed by atoms with E-state index < -0.39 is 0 Å². The molecule has 0 spiro atoms. The van der Waals surface area contributed by atoms with E-state index in [-0.39, 0.29) is 0 Å². The number of hydrogen-bond acceptors (Lipinski definition) is 1. The van der Waals surface area contributed by atoms with Crippen LogP contribution < -0.4 is 0 Å². The minimum Gasteiger partial charge on any atom is -0.299 e. The van der Waals surface area contributed by atoms with Gasteiger partial charge in [-0.25, -0.2) is 0 Å². The second-order valence-corrected chi connectivity index (χ2v) is 5.93. The summed E-state index contributed by atoms with van der Waals surface area (Å²) < 4.78 is 0. The summed E-state index contributed by atoms with van der Waals surface area (Å²) in [5.74, 6) is 3.62. The number of rotatable bonds is 0. The molecule has 0 bridgehead atoms. The molecule has 15 heavy (non-hydrogen) atoms. The van der Waals surface area contributed by atoms with E-state index in [2.05, 4.69) is 0 Å². The van der Waals surface area contributed by atoms with Crippen molar-refractivity contribution in [2.75, 3.05) is 0 Å². The molecule has 0 unspecified atom stereocenters. The van der Waals surface area contributed by atoms with Gasteiger partial charge in [0.1, 0.15) is 5.78 Å². The maximum Gasteiger partial charge on any atom is 0.136 e. The molecule has 1 nitrogen and oxygen atoms in total. The van der Waals surface area contributed by atoms with Gasteiger partial charge in [-0.05, 0) is 49.9 Å². The quantitative estimate of drug-likeness (QED) is 0.592. The highest BCUT2D eigenvalue weighted by Gasteiger charge is 2.44. The molecule has 0 heterocycles. The van der Waals surface area contributed by atoms with Crippen LogP contribution in [0.3, 0.4) is 0 Å². The van der Waals surface area contributed by atoms with Gasteiger partial charge in [0, 0.05) is 12.3 Å². The Kier molecular flexibility index (Phi) is 2.58. The van der Waals surface area contributed by atoms with Crippen LogP contribution in [0.4, 0.5) is 0 Å². The summed E-state index contributed by atoms with van der Waals surface area (Å²) in [5, 5.41) is 0. The van der Waals surface area contributed by atoms with Gasteiger partial charge < -0.3 is 0 Å². The first-order chi connectivity index (χ1) is 7.36. The van der Waals surface area contributed by atoms with Gasteiger partial charge in [0.05, 0.1) is 0 Å². The van der Waals surface area contributed by atoms with Gasteiger partial charge in [0.2, 0.25) is 0 Å². The van der Waals surface area contributed by atoms with Crippen LogP contribution in [0.15, 0.2) is 0 Å². The monoisotopic (exact) mass is 206 g/mol. The van der Waals surface area contributed by atoms with Gasteiger partial charge in [-0.15, -0.1) is 0 Å². The van der Waals surface area contributed by atoms with Crippen molar-refractivity contribution < 1.29 is 4.79 Å². The molecule has 0 aliphatic heterocycles. The molecule has 0 N–H and O–H groups in total. The smallest absolute Gasteiger partial charge is 0.136 e. The molecule has 3 fully saturated rings. The van der Waals surface area contributed by atoms with E-state index in [1.54, 1.807) is 0 Å². The van der Waals surface area contributed by atoms with Gasteiger partial charge in [0.25, 0.3) is 0 Å². The predicted molar refractivity (Wildman–Crippen MR) is 60.5 cm³/mol. The Bertz CT molecular complexity index is 258. The van der Waals surface area contributed by atoms with Gasteiger partial charge in [0.15, 0.2) is 0 Å². The number of hydrogen-bond donors (Lipinski definition) is 0. The SMILES string of the molecule is O=C1CCC[C@H]2CC[C@@H]3CCCC[C@H]3[C@H]12. The summed E-state index contributed by atoms with van der Waals surface area (Å²) in [4.78, 5) is 12.1. The molecule has 3 rings (SSSR count). The average Bonchev–Trinajstić information content (AvgIpc) is 2.29. The zero-order valence-electron chi connectivity index (χ0n) is 9.58. The number of ketones is 1. The number of fused-ring (bicyclic) bond motifs is 3. The predicted octanol–water partition coefficient (Wildman–Crippen LogP) is 3.57. The second-order valence-electron chi connectivity index (χ2n) is 5.93. The van der Waals surface area contributed by atoms with E-state index in [9.17, 15) is 4.79 Å². The summed E-state index contributed by atoms with van der Waals surface area (Å²) >= 11 is 0. The Morgan fingerprint density at radius 1 is 0.800 bits per heavy atom. The molecule has 0 saturated heterocycles. The normalized spacial score (nSPS) is 45.7. The van der Waals surface area contributed by atoms with Crippen molar-refractivity contribution in [1.82, 2.24) is 0 Å². The number of carbonyl (C=O) groups excluding carboxylic acids is 1. The Morgan fingerprint density at radius 3 is 2.47 bits per heavy atom. The van der Waals surface area contributed by atoms with Crippen LogP contribution in [-0.2, 0) is 4.79 Å². The van der Waals surface area contributed by atoms with E-state index in [1.807, 2.05) is 0 Å². The topological polar surface area (TPSA) is 17.1 Å². The van der Waals surface area contributed by atoms with E-state index in [1.165, 1.54) is 51.4 Å². The van der Waals surface area contributed by atoms with Crippen LogP contribution in [0.1, 0.15) is 57.8 Å². The molecular weight excluding hydrogens is 184 g/mol. The van der Waals surface area contributed by atoms with Crippen molar-refractivity contribution in [3.63, 3.8) is 0 Å². The van der Waals surface area contributed by atoms with E-state index in [4.69, 9.17) is 0 Å². The molecule has 1 heteroatoms. The Hall–Kier alpha value is -0.330. The zero-order valence-corrected chi connectivity index (χ0v) is 9.58. The Balaban J connectivity index is 1.82. The summed E-state index contributed by atoms with van der Waals surface area (Å²) in [7, 11) is 0. The summed E-state index contributed by atoms with van der Waals surface area (Å²) in [6.45, 7) is 0. The molecule has 0 aromatic rings. The molecular formula is C14H22O. The summed E-state index contributed by atoms with van der Waals surface area (Å²) in [6.07, 6.45) is 11.8. The van der Waals surface area contributed by atoms with Crippen LogP contribution in [0.2, 0.25) is 0 Å². The zero-order chi connectivity index (χ0) is 10.3. The standard InChI is InChI=1S/C14H22O/c15-13-7-3-5-11-9-8-10-4-1-2-6-12(10)14(11)13/h10-12,14H,1-9H2/t10-,11-,12+,14+/m0/s1. The van der Waals surface area contributed by atoms with Crippen molar-refractivity contribution >= 4 is 5.78 Å². The lowest BCUT2D eigenvalue weighted by Gasteiger charge is -2.46. The van der Waals surface area contributed by atoms with Crippen LogP contribution in [0.5, 0.6) is 0 Å². The lowest BCUT2D eigenvalue weighted by molar-refractivity contribution is -0.133. The minimum atomic E-state index is 0.498. The van der Waals surface area contributed by atoms with E-state index >= 15 is 0 Å². The Labute approximate surface area is 92.6 Å². The van der Waals surface area contributed by atoms with E-state index in [0.717, 1.165) is 24.2 Å². The third kappa shape index (κ3) is 1.64. The lowest BCUT2D eigenvalue weighted by Crippen LogP contribution is -2.43. The fraction of sp³-hybridized carbons (Fsp3) is 0.929. The molecule has 3 aliphatic rings. The first kappa shape index (κ1) is 9.86. The maximum absolute atomic E-state index is 12.1. The third-order valence-corrected chi connectivity index (χ3v) is 5.22. The first-order valence-corrected chi connectivity index (χ1v) is 6.89. The van der Waals surface area contributed by atoms with Crippen LogP contribution >= 0.6 is 0 Å². The molecule has 0 amide bonds. The van der Waals surface area contributed by atoms with E-state index in [0.29, 0.717) is 11.7 Å². The van der Waals surface area contributed by atoms with Gasteiger partial charge in [-0.1, -0.05) is 19.3 Å². The lowest BCUT2D eigenvalue weighted by atomic mass is 9.57. The van der Waals surface area contributed by atoms with Crippen molar-refractivity contribution in [3.8, 4) is 0 Å². The van der Waals surface area contributed by atoms with Crippen molar-refractivity contribution in [2.24, 2.45) is 23.7 Å². The summed E-state index contributed by atoms with van der Waals surface area (Å²) in [6, 6.07) is 0. The Morgan fingerprint density at radius 2 is 1.53 bits per heavy atom. The highest BCUT2D eigenvalue weighted by atomic mass is 16.1. The highest BCUT2D eigenvalue weighted by molar-refractivity contribution is 5.82. The number of Topliss-reactive ketones (excluding diaryl/α,β-unsaturated/α-hetero) is 1. The van der Waals surface area contributed by atoms with Crippen LogP contribution in [0, 0.1) is 23.7 Å². The molecule has 3 aliphatic carbocycles. The van der Waals surface area contributed by atoms with Gasteiger partial charge >= 0.3 is 0 Å². The second kappa shape index (κ2) is 3.92. The third-order valence-electron chi connectivity index (χ3n) is 5.22. The molecule has 0 radical (unpaired) electrons. The minimum absolute atomic E-state index is 0.498. The van der Waals surface area contributed by atoms with Crippen molar-refractivity contribution in [3.05, 3.63) is 0 Å². The van der Waals surface area contributed by atoms with Gasteiger partial charge in [-0.2, -0.15) is 0 Å². The maximum atomic E-state index is 12.1. The first-order valence-electron chi connectivity index (χ1n) is 6.89. The number of carbonyl (C=O) groups is 1. The van der Waals surface area contributed by atoms with Gasteiger partial charge in [-0.3, -0.25) is 4.79 Å². The molecule has 4 atom stereocenters. The van der Waals surface area contributed by atoms with Crippen molar-refractivity contribution in [1.29, 1.82) is 0 Å². The molecule has 0 aromatic heterocycles. The fourth-order valence-electron chi connectivity index (χ4n) is 4.56. The highest BCUT2D eigenvalue weighted by Crippen LogP contribution is 2.50. The average molecular weight is 206 g/mol.